The lowest BCUT2D eigenvalue weighted by Crippen LogP contribution is -2.45. The molecule has 1 aromatic rings. The second-order valence-electron chi connectivity index (χ2n) is 9.93. The Labute approximate surface area is 182 Å². The second kappa shape index (κ2) is 10.3. The van der Waals surface area contributed by atoms with Crippen LogP contribution < -0.4 is 10.2 Å². The lowest BCUT2D eigenvalue weighted by Gasteiger charge is -2.36. The van der Waals surface area contributed by atoms with Gasteiger partial charge in [0.2, 0.25) is 5.91 Å². The molecule has 0 fully saturated rings. The minimum atomic E-state index is -1.75. The molecule has 0 heterocycles. The van der Waals surface area contributed by atoms with E-state index in [9.17, 15) is 14.7 Å². The molecule has 1 aromatic carbocycles. The van der Waals surface area contributed by atoms with E-state index in [1.54, 1.807) is 24.3 Å². The summed E-state index contributed by atoms with van der Waals surface area (Å²) in [5.74, 6) is -0.191. The SMILES string of the molecule is CC(C)(C)N(C(=O)O)c1ccccc1NC(=O)CC=CCCO[Si](C)(C)C(C)(C)C. The van der Waals surface area contributed by atoms with Crippen molar-refractivity contribution in [3.8, 4) is 0 Å². The van der Waals surface area contributed by atoms with Crippen LogP contribution in [-0.4, -0.2) is 37.6 Å². The van der Waals surface area contributed by atoms with Crippen molar-refractivity contribution in [2.45, 2.75) is 78.1 Å². The van der Waals surface area contributed by atoms with Gasteiger partial charge in [0.05, 0.1) is 11.4 Å². The van der Waals surface area contributed by atoms with Crippen molar-refractivity contribution < 1.29 is 19.1 Å². The number of hydrogen-bond donors (Lipinski definition) is 2. The van der Waals surface area contributed by atoms with Crippen molar-refractivity contribution in [2.24, 2.45) is 0 Å². The predicted octanol–water partition coefficient (Wildman–Crippen LogP) is 6.27. The highest BCUT2D eigenvalue weighted by atomic mass is 28.4. The van der Waals surface area contributed by atoms with Crippen molar-refractivity contribution in [1.29, 1.82) is 0 Å². The minimum Gasteiger partial charge on any atom is -0.465 e. The first-order valence-electron chi connectivity index (χ1n) is 10.4. The molecule has 0 bridgehead atoms. The highest BCUT2D eigenvalue weighted by molar-refractivity contribution is 6.74. The van der Waals surface area contributed by atoms with Gasteiger partial charge in [-0.05, 0) is 57.5 Å². The number of nitrogens with zero attached hydrogens (tertiary/aromatic N) is 1. The minimum absolute atomic E-state index is 0.181. The molecule has 0 aromatic heterocycles. The molecule has 2 amide bonds. The summed E-state index contributed by atoms with van der Waals surface area (Å²) in [6.45, 7) is 17.2. The van der Waals surface area contributed by atoms with E-state index >= 15 is 0 Å². The number of anilines is 2. The first-order chi connectivity index (χ1) is 13.7. The van der Waals surface area contributed by atoms with Crippen LogP contribution in [0.25, 0.3) is 0 Å². The molecule has 1 rings (SSSR count). The quantitative estimate of drug-likeness (QED) is 0.287. The fourth-order valence-corrected chi connectivity index (χ4v) is 3.69. The average Bonchev–Trinajstić information content (AvgIpc) is 2.57. The second-order valence-corrected chi connectivity index (χ2v) is 14.7. The maximum atomic E-state index is 12.4. The molecule has 0 aliphatic rings. The molecular weight excluding hydrogens is 396 g/mol. The van der Waals surface area contributed by atoms with E-state index in [1.165, 1.54) is 4.90 Å². The Kier molecular flexibility index (Phi) is 8.86. The Morgan fingerprint density at radius 2 is 1.70 bits per heavy atom. The van der Waals surface area contributed by atoms with Crippen LogP contribution in [0.1, 0.15) is 54.4 Å². The third-order valence-electron chi connectivity index (χ3n) is 5.30. The van der Waals surface area contributed by atoms with Crippen LogP contribution in [0.2, 0.25) is 18.1 Å². The molecule has 0 spiro atoms. The van der Waals surface area contributed by atoms with Crippen LogP contribution >= 0.6 is 0 Å². The van der Waals surface area contributed by atoms with Crippen molar-refractivity contribution >= 4 is 31.7 Å². The van der Waals surface area contributed by atoms with Crippen molar-refractivity contribution in [1.82, 2.24) is 0 Å². The number of benzene rings is 1. The Hall–Kier alpha value is -2.12. The molecule has 0 atom stereocenters. The number of amides is 2. The van der Waals surface area contributed by atoms with E-state index in [0.29, 0.717) is 18.0 Å². The highest BCUT2D eigenvalue weighted by Gasteiger charge is 2.36. The van der Waals surface area contributed by atoms with Crippen LogP contribution in [-0.2, 0) is 9.22 Å². The van der Waals surface area contributed by atoms with Gasteiger partial charge in [-0.1, -0.05) is 45.1 Å². The summed E-state index contributed by atoms with van der Waals surface area (Å²) in [7, 11) is -1.75. The fourth-order valence-electron chi connectivity index (χ4n) is 2.63. The van der Waals surface area contributed by atoms with Crippen molar-refractivity contribution in [2.75, 3.05) is 16.8 Å². The zero-order valence-corrected chi connectivity index (χ0v) is 20.7. The zero-order valence-electron chi connectivity index (χ0n) is 19.7. The van der Waals surface area contributed by atoms with Gasteiger partial charge in [-0.15, -0.1) is 0 Å². The normalized spacial score (nSPS) is 12.8. The van der Waals surface area contributed by atoms with Crippen LogP contribution in [0, 0.1) is 0 Å². The molecule has 6 nitrogen and oxygen atoms in total. The molecule has 0 aliphatic heterocycles. The van der Waals surface area contributed by atoms with E-state index in [2.05, 4.69) is 39.2 Å². The molecule has 0 saturated carbocycles. The monoisotopic (exact) mass is 434 g/mol. The number of hydrogen-bond acceptors (Lipinski definition) is 3. The Morgan fingerprint density at radius 1 is 1.10 bits per heavy atom. The Bertz CT molecular complexity index is 761. The van der Waals surface area contributed by atoms with Gasteiger partial charge in [-0.25, -0.2) is 4.79 Å². The molecule has 0 unspecified atom stereocenters. The summed E-state index contributed by atoms with van der Waals surface area (Å²) < 4.78 is 6.12. The van der Waals surface area contributed by atoms with E-state index < -0.39 is 19.9 Å². The number of rotatable bonds is 8. The maximum Gasteiger partial charge on any atom is 0.412 e. The topological polar surface area (TPSA) is 78.9 Å². The van der Waals surface area contributed by atoms with Gasteiger partial charge in [0.25, 0.3) is 0 Å². The Morgan fingerprint density at radius 3 is 2.23 bits per heavy atom. The first kappa shape index (κ1) is 25.9. The summed E-state index contributed by atoms with van der Waals surface area (Å²) in [4.78, 5) is 25.4. The molecule has 7 heteroatoms. The number of carbonyl (C=O) groups excluding carboxylic acids is 1. The van der Waals surface area contributed by atoms with E-state index in [-0.39, 0.29) is 17.4 Å². The molecule has 30 heavy (non-hydrogen) atoms. The maximum absolute atomic E-state index is 12.4. The first-order valence-corrected chi connectivity index (χ1v) is 13.3. The highest BCUT2D eigenvalue weighted by Crippen LogP contribution is 2.36. The van der Waals surface area contributed by atoms with Gasteiger partial charge >= 0.3 is 6.09 Å². The van der Waals surface area contributed by atoms with Gasteiger partial charge < -0.3 is 14.8 Å². The summed E-state index contributed by atoms with van der Waals surface area (Å²) in [6, 6.07) is 6.94. The van der Waals surface area contributed by atoms with E-state index in [0.717, 1.165) is 6.42 Å². The van der Waals surface area contributed by atoms with Crippen LogP contribution in [0.4, 0.5) is 16.2 Å². The third kappa shape index (κ3) is 7.61. The zero-order chi connectivity index (χ0) is 23.2. The largest absolute Gasteiger partial charge is 0.465 e. The van der Waals surface area contributed by atoms with E-state index in [1.807, 2.05) is 32.9 Å². The van der Waals surface area contributed by atoms with Gasteiger partial charge in [-0.3, -0.25) is 9.69 Å². The van der Waals surface area contributed by atoms with Crippen LogP contribution in [0.5, 0.6) is 0 Å². The molecule has 0 radical (unpaired) electrons. The number of carboxylic acid groups (broad SMARTS) is 1. The molecule has 0 saturated heterocycles. The number of nitrogens with one attached hydrogen (secondary N) is 1. The van der Waals surface area contributed by atoms with Crippen LogP contribution in [0.15, 0.2) is 36.4 Å². The molecule has 2 N–H and O–H groups in total. The van der Waals surface area contributed by atoms with Gasteiger partial charge in [0.15, 0.2) is 8.32 Å². The van der Waals surface area contributed by atoms with Crippen LogP contribution in [0.3, 0.4) is 0 Å². The van der Waals surface area contributed by atoms with Gasteiger partial charge in [0, 0.05) is 18.6 Å². The molecule has 0 aliphatic carbocycles. The molecule has 168 valence electrons. The predicted molar refractivity (Wildman–Crippen MR) is 127 cm³/mol. The lowest BCUT2D eigenvalue weighted by molar-refractivity contribution is -0.115. The van der Waals surface area contributed by atoms with Gasteiger partial charge in [-0.2, -0.15) is 0 Å². The third-order valence-corrected chi connectivity index (χ3v) is 9.84. The average molecular weight is 435 g/mol. The van der Waals surface area contributed by atoms with Gasteiger partial charge in [0.1, 0.15) is 0 Å². The van der Waals surface area contributed by atoms with Crippen molar-refractivity contribution in [3.63, 3.8) is 0 Å². The van der Waals surface area contributed by atoms with E-state index in [4.69, 9.17) is 4.43 Å². The Balaban J connectivity index is 2.67. The number of para-hydroxylation sites is 2. The summed E-state index contributed by atoms with van der Waals surface area (Å²) in [5, 5.41) is 12.7. The smallest absolute Gasteiger partial charge is 0.412 e. The summed E-state index contributed by atoms with van der Waals surface area (Å²) in [5.41, 5.74) is 0.295. The fraction of sp³-hybridized carbons (Fsp3) is 0.565. The van der Waals surface area contributed by atoms with Crippen molar-refractivity contribution in [3.05, 3.63) is 36.4 Å². The number of carbonyl (C=O) groups is 2. The molecular formula is C23H38N2O4Si. The summed E-state index contributed by atoms with van der Waals surface area (Å²) >= 11 is 0. The lowest BCUT2D eigenvalue weighted by atomic mass is 10.0. The summed E-state index contributed by atoms with van der Waals surface area (Å²) in [6.07, 6.45) is 3.69. The standard InChI is InChI=1S/C23H38N2O4Si/c1-22(2,3)25(21(27)28)19-15-12-11-14-18(19)24-20(26)16-10-9-13-17-29-30(7,8)23(4,5)6/h9-12,14-15H,13,16-17H2,1-8H3,(H,24,26)(H,27,28).